The molecule has 0 fully saturated rings. The Balaban J connectivity index is 2.29. The van der Waals surface area contributed by atoms with Crippen LogP contribution in [0.3, 0.4) is 0 Å². The minimum atomic E-state index is 0.658. The Bertz CT molecular complexity index is 822. The van der Waals surface area contributed by atoms with Gasteiger partial charge in [0.2, 0.25) is 0 Å². The smallest absolute Gasteiger partial charge is 0.142 e. The molecule has 0 spiro atoms. The van der Waals surface area contributed by atoms with Crippen LogP contribution >= 0.6 is 31.9 Å². The van der Waals surface area contributed by atoms with Crippen molar-refractivity contribution < 1.29 is 0 Å². The summed E-state index contributed by atoms with van der Waals surface area (Å²) in [7, 11) is 0. The molecule has 0 amide bonds. The lowest BCUT2D eigenvalue weighted by atomic mass is 10.1. The number of benzene rings is 1. The maximum Gasteiger partial charge on any atom is 0.142 e. The van der Waals surface area contributed by atoms with Crippen LogP contribution in [0.2, 0.25) is 0 Å². The van der Waals surface area contributed by atoms with Crippen LogP contribution < -0.4 is 5.73 Å². The topological polar surface area (TPSA) is 43.3 Å². The number of anilines is 1. The molecule has 0 aliphatic carbocycles. The van der Waals surface area contributed by atoms with Gasteiger partial charge in [0, 0.05) is 20.7 Å². The molecule has 3 aromatic rings. The fraction of sp³-hybridized carbons (Fsp3) is 0.133. The number of halogens is 2. The predicted molar refractivity (Wildman–Crippen MR) is 89.9 cm³/mol. The zero-order chi connectivity index (χ0) is 14.4. The van der Waals surface area contributed by atoms with E-state index in [-0.39, 0.29) is 0 Å². The van der Waals surface area contributed by atoms with E-state index in [1.54, 1.807) is 0 Å². The molecule has 0 atom stereocenters. The number of hydrogen-bond acceptors (Lipinski definition) is 2. The first-order chi connectivity index (χ1) is 9.47. The molecule has 2 aromatic heterocycles. The molecule has 0 bridgehead atoms. The number of aryl methyl sites for hydroxylation is 2. The molecule has 3 nitrogen and oxygen atoms in total. The van der Waals surface area contributed by atoms with Gasteiger partial charge in [0.15, 0.2) is 0 Å². The van der Waals surface area contributed by atoms with E-state index in [1.807, 2.05) is 35.7 Å². The van der Waals surface area contributed by atoms with E-state index in [1.165, 1.54) is 0 Å². The molecule has 2 N–H and O–H groups in total. The number of nitrogens with zero attached hydrogens (tertiary/aromatic N) is 2. The molecule has 5 heteroatoms. The lowest BCUT2D eigenvalue weighted by Gasteiger charge is -2.03. The SMILES string of the molecule is Cc1cc(-c2nc3c(C)cc(Br)cn3c2N)ccc1Br. The monoisotopic (exact) mass is 393 g/mol. The molecule has 0 radical (unpaired) electrons. The van der Waals surface area contributed by atoms with Crippen LogP contribution in [-0.2, 0) is 0 Å². The van der Waals surface area contributed by atoms with E-state index in [4.69, 9.17) is 10.7 Å². The van der Waals surface area contributed by atoms with Crippen LogP contribution in [0.15, 0.2) is 39.4 Å². The molecule has 0 aliphatic rings. The first kappa shape index (κ1) is 13.6. The second-order valence-electron chi connectivity index (χ2n) is 4.84. The number of nitrogens with two attached hydrogens (primary N) is 1. The highest BCUT2D eigenvalue weighted by Gasteiger charge is 2.14. The van der Waals surface area contributed by atoms with Crippen LogP contribution in [0, 0.1) is 13.8 Å². The quantitative estimate of drug-likeness (QED) is 0.648. The van der Waals surface area contributed by atoms with Crippen molar-refractivity contribution in [2.45, 2.75) is 13.8 Å². The normalized spacial score (nSPS) is 11.2. The highest BCUT2D eigenvalue weighted by Crippen LogP contribution is 2.31. The summed E-state index contributed by atoms with van der Waals surface area (Å²) < 4.78 is 4.00. The number of rotatable bonds is 1. The maximum atomic E-state index is 6.26. The van der Waals surface area contributed by atoms with Gasteiger partial charge in [-0.1, -0.05) is 22.0 Å². The Morgan fingerprint density at radius 2 is 1.85 bits per heavy atom. The van der Waals surface area contributed by atoms with Crippen molar-refractivity contribution in [3.8, 4) is 11.3 Å². The van der Waals surface area contributed by atoms with Gasteiger partial charge in [0.25, 0.3) is 0 Å². The molecule has 20 heavy (non-hydrogen) atoms. The minimum Gasteiger partial charge on any atom is -0.383 e. The molecular weight excluding hydrogens is 382 g/mol. The van der Waals surface area contributed by atoms with Crippen molar-refractivity contribution in [3.05, 3.63) is 50.5 Å². The molecular formula is C15H13Br2N3. The maximum absolute atomic E-state index is 6.26. The molecule has 0 saturated carbocycles. The number of hydrogen-bond donors (Lipinski definition) is 1. The molecule has 1 aromatic carbocycles. The van der Waals surface area contributed by atoms with Crippen molar-refractivity contribution in [1.29, 1.82) is 0 Å². The number of imidazole rings is 1. The third-order valence-corrected chi connectivity index (χ3v) is 4.66. The molecule has 2 heterocycles. The van der Waals surface area contributed by atoms with Gasteiger partial charge in [-0.25, -0.2) is 4.98 Å². The Labute approximate surface area is 134 Å². The first-order valence-electron chi connectivity index (χ1n) is 6.17. The summed E-state index contributed by atoms with van der Waals surface area (Å²) in [6.07, 6.45) is 1.94. The van der Waals surface area contributed by atoms with Crippen molar-refractivity contribution >= 4 is 43.3 Å². The summed E-state index contributed by atoms with van der Waals surface area (Å²) >= 11 is 7.01. The van der Waals surface area contributed by atoms with E-state index in [2.05, 4.69) is 44.8 Å². The van der Waals surface area contributed by atoms with E-state index >= 15 is 0 Å². The van der Waals surface area contributed by atoms with E-state index in [9.17, 15) is 0 Å². The summed E-state index contributed by atoms with van der Waals surface area (Å²) in [5, 5.41) is 0. The van der Waals surface area contributed by atoms with Crippen molar-refractivity contribution in [1.82, 2.24) is 9.38 Å². The van der Waals surface area contributed by atoms with Crippen molar-refractivity contribution in [2.24, 2.45) is 0 Å². The summed E-state index contributed by atoms with van der Waals surface area (Å²) in [4.78, 5) is 4.70. The minimum absolute atomic E-state index is 0.658. The molecule has 3 rings (SSSR count). The zero-order valence-electron chi connectivity index (χ0n) is 11.1. The number of nitrogen functional groups attached to an aromatic ring is 1. The highest BCUT2D eigenvalue weighted by atomic mass is 79.9. The van der Waals surface area contributed by atoms with Gasteiger partial charge in [-0.3, -0.25) is 4.40 Å². The summed E-state index contributed by atoms with van der Waals surface area (Å²) in [5.74, 6) is 0.658. The average molecular weight is 395 g/mol. The van der Waals surface area contributed by atoms with Gasteiger partial charge in [0.1, 0.15) is 17.2 Å². The average Bonchev–Trinajstić information content (AvgIpc) is 2.71. The Morgan fingerprint density at radius 3 is 2.55 bits per heavy atom. The fourth-order valence-electron chi connectivity index (χ4n) is 2.29. The van der Waals surface area contributed by atoms with E-state index in [0.717, 1.165) is 37.0 Å². The standard InChI is InChI=1S/C15H13Br2N3/c1-8-5-10(3-4-12(8)17)13-14(18)20-7-11(16)6-9(2)15(20)19-13/h3-7H,18H2,1-2H3. The van der Waals surface area contributed by atoms with Gasteiger partial charge in [-0.2, -0.15) is 0 Å². The van der Waals surface area contributed by atoms with Crippen LogP contribution in [0.25, 0.3) is 16.9 Å². The second-order valence-corrected chi connectivity index (χ2v) is 6.61. The van der Waals surface area contributed by atoms with Crippen LogP contribution in [0.5, 0.6) is 0 Å². The molecule has 0 aliphatic heterocycles. The molecule has 0 unspecified atom stereocenters. The van der Waals surface area contributed by atoms with Crippen LogP contribution in [0.4, 0.5) is 5.82 Å². The second kappa shape index (κ2) is 4.90. The van der Waals surface area contributed by atoms with Crippen LogP contribution in [-0.4, -0.2) is 9.38 Å². The van der Waals surface area contributed by atoms with Crippen LogP contribution in [0.1, 0.15) is 11.1 Å². The van der Waals surface area contributed by atoms with Gasteiger partial charge >= 0.3 is 0 Å². The zero-order valence-corrected chi connectivity index (χ0v) is 14.3. The predicted octanol–water partition coefficient (Wildman–Crippen LogP) is 4.73. The number of pyridine rings is 1. The third kappa shape index (κ3) is 2.15. The number of aromatic nitrogens is 2. The number of fused-ring (bicyclic) bond motifs is 1. The Kier molecular flexibility index (Phi) is 3.34. The first-order valence-corrected chi connectivity index (χ1v) is 7.76. The Morgan fingerprint density at radius 1 is 1.10 bits per heavy atom. The largest absolute Gasteiger partial charge is 0.383 e. The van der Waals surface area contributed by atoms with Gasteiger partial charge in [-0.15, -0.1) is 0 Å². The van der Waals surface area contributed by atoms with Gasteiger partial charge in [-0.05, 0) is 59.1 Å². The summed E-state index contributed by atoms with van der Waals surface area (Å²) in [6, 6.07) is 8.18. The van der Waals surface area contributed by atoms with Crippen molar-refractivity contribution in [3.63, 3.8) is 0 Å². The third-order valence-electron chi connectivity index (χ3n) is 3.34. The van der Waals surface area contributed by atoms with E-state index < -0.39 is 0 Å². The van der Waals surface area contributed by atoms with E-state index in [0.29, 0.717) is 5.82 Å². The van der Waals surface area contributed by atoms with Gasteiger partial charge in [0.05, 0.1) is 0 Å². The lowest BCUT2D eigenvalue weighted by Crippen LogP contribution is -1.95. The summed E-state index contributed by atoms with van der Waals surface area (Å²) in [5.41, 5.74) is 11.3. The Hall–Kier alpha value is -1.33. The molecule has 0 saturated heterocycles. The highest BCUT2D eigenvalue weighted by molar-refractivity contribution is 9.10. The molecule has 102 valence electrons. The summed E-state index contributed by atoms with van der Waals surface area (Å²) in [6.45, 7) is 4.09. The van der Waals surface area contributed by atoms with Crippen molar-refractivity contribution in [2.75, 3.05) is 5.73 Å². The van der Waals surface area contributed by atoms with Gasteiger partial charge < -0.3 is 5.73 Å². The fourth-order valence-corrected chi connectivity index (χ4v) is 3.09. The lowest BCUT2D eigenvalue weighted by molar-refractivity contribution is 1.16.